The van der Waals surface area contributed by atoms with Crippen LogP contribution in [0.1, 0.15) is 51.2 Å². The Balaban J connectivity index is 1.95. The van der Waals surface area contributed by atoms with E-state index in [1.54, 1.807) is 17.3 Å². The summed E-state index contributed by atoms with van der Waals surface area (Å²) in [6.45, 7) is 10.2. The molecule has 0 spiro atoms. The lowest BCUT2D eigenvalue weighted by Crippen LogP contribution is -2.48. The largest absolute Gasteiger partial charge is 0.366 e. The van der Waals surface area contributed by atoms with Gasteiger partial charge in [-0.1, -0.05) is 13.0 Å². The fraction of sp³-hybridized carbons (Fsp3) is 0.471. The second-order valence-electron chi connectivity index (χ2n) is 6.57. The number of nitrogens with zero attached hydrogens (tertiary/aromatic N) is 5. The van der Waals surface area contributed by atoms with E-state index in [1.807, 2.05) is 6.21 Å². The van der Waals surface area contributed by atoms with Crippen LogP contribution in [0.4, 0.5) is 5.69 Å². The highest BCUT2D eigenvalue weighted by Gasteiger charge is 2.35. The Morgan fingerprint density at radius 1 is 1.32 bits per heavy atom. The number of rotatable bonds is 3. The van der Waals surface area contributed by atoms with Gasteiger partial charge in [-0.15, -0.1) is 10.2 Å². The number of fused-ring (bicyclic) bond motifs is 1. The van der Waals surface area contributed by atoms with Gasteiger partial charge >= 0.3 is 0 Å². The quantitative estimate of drug-likeness (QED) is 0.817. The van der Waals surface area contributed by atoms with Gasteiger partial charge in [-0.05, 0) is 56.4 Å². The van der Waals surface area contributed by atoms with Crippen molar-refractivity contribution in [2.45, 2.75) is 45.6 Å². The lowest BCUT2D eigenvalue weighted by atomic mass is 9.79. The van der Waals surface area contributed by atoms with Gasteiger partial charge in [-0.3, -0.25) is 0 Å². The molecule has 1 aliphatic heterocycles. The van der Waals surface area contributed by atoms with E-state index in [1.165, 1.54) is 17.7 Å². The van der Waals surface area contributed by atoms with Gasteiger partial charge in [0.25, 0.3) is 0 Å². The highest BCUT2D eigenvalue weighted by Crippen LogP contribution is 2.43. The van der Waals surface area contributed by atoms with Crippen LogP contribution in [0.15, 0.2) is 36.0 Å². The number of hydrogen-bond donors (Lipinski definition) is 0. The van der Waals surface area contributed by atoms with Crippen molar-refractivity contribution in [1.82, 2.24) is 14.9 Å². The van der Waals surface area contributed by atoms with Gasteiger partial charge in [0, 0.05) is 17.8 Å². The van der Waals surface area contributed by atoms with Crippen LogP contribution in [0.3, 0.4) is 0 Å². The van der Waals surface area contributed by atoms with E-state index in [-0.39, 0.29) is 5.54 Å². The first-order chi connectivity index (χ1) is 10.5. The van der Waals surface area contributed by atoms with Crippen molar-refractivity contribution in [1.29, 1.82) is 0 Å². The Morgan fingerprint density at radius 3 is 2.73 bits per heavy atom. The molecule has 0 saturated carbocycles. The molecule has 1 aromatic heterocycles. The Morgan fingerprint density at radius 2 is 2.05 bits per heavy atom. The molecule has 5 nitrogen and oxygen atoms in total. The molecule has 0 bridgehead atoms. The standard InChI is InChI=1S/C17H23N5/c1-5-22-16-7-6-14(10-20-21-11-18-19-12-21)8-15(16)13(2)9-17(22,3)4/h6-8,10-13H,5,9H2,1-4H3/b20-10-/t13-/m1/s1. The first-order valence-electron chi connectivity index (χ1n) is 7.82. The van der Waals surface area contributed by atoms with E-state index in [0.29, 0.717) is 5.92 Å². The Labute approximate surface area is 131 Å². The fourth-order valence-electron chi connectivity index (χ4n) is 3.58. The summed E-state index contributed by atoms with van der Waals surface area (Å²) in [5.41, 5.74) is 4.08. The average Bonchev–Trinajstić information content (AvgIpc) is 2.98. The summed E-state index contributed by atoms with van der Waals surface area (Å²) >= 11 is 0. The van der Waals surface area contributed by atoms with Gasteiger partial charge in [0.2, 0.25) is 0 Å². The summed E-state index contributed by atoms with van der Waals surface area (Å²) in [6, 6.07) is 6.61. The smallest absolute Gasteiger partial charge is 0.141 e. The monoisotopic (exact) mass is 297 g/mol. The summed E-state index contributed by atoms with van der Waals surface area (Å²) in [6.07, 6.45) is 6.18. The van der Waals surface area contributed by atoms with Gasteiger partial charge in [0.1, 0.15) is 12.7 Å². The van der Waals surface area contributed by atoms with Crippen LogP contribution in [0.25, 0.3) is 0 Å². The maximum atomic E-state index is 4.33. The number of aromatic nitrogens is 3. The van der Waals surface area contributed by atoms with E-state index in [4.69, 9.17) is 0 Å². The zero-order chi connectivity index (χ0) is 15.7. The maximum Gasteiger partial charge on any atom is 0.141 e. The molecule has 3 rings (SSSR count). The van der Waals surface area contributed by atoms with Gasteiger partial charge in [0.05, 0.1) is 6.21 Å². The van der Waals surface area contributed by atoms with E-state index >= 15 is 0 Å². The zero-order valence-electron chi connectivity index (χ0n) is 13.7. The third-order valence-corrected chi connectivity index (χ3v) is 4.47. The summed E-state index contributed by atoms with van der Waals surface area (Å²) in [4.78, 5) is 2.50. The molecule has 0 N–H and O–H groups in total. The molecular weight excluding hydrogens is 274 g/mol. The maximum absolute atomic E-state index is 4.33. The topological polar surface area (TPSA) is 46.3 Å². The first kappa shape index (κ1) is 14.8. The molecule has 2 heterocycles. The van der Waals surface area contributed by atoms with Gasteiger partial charge < -0.3 is 4.90 Å². The Bertz CT molecular complexity index is 672. The predicted molar refractivity (Wildman–Crippen MR) is 89.6 cm³/mol. The third-order valence-electron chi connectivity index (χ3n) is 4.47. The first-order valence-corrected chi connectivity index (χ1v) is 7.82. The minimum atomic E-state index is 0.208. The lowest BCUT2D eigenvalue weighted by Gasteiger charge is -2.47. The van der Waals surface area contributed by atoms with Crippen LogP contribution in [0, 0.1) is 0 Å². The molecule has 0 fully saturated rings. The average molecular weight is 297 g/mol. The van der Waals surface area contributed by atoms with Crippen LogP contribution in [-0.4, -0.2) is 33.2 Å². The summed E-state index contributed by atoms with van der Waals surface area (Å²) in [5.74, 6) is 0.552. The van der Waals surface area contributed by atoms with Crippen LogP contribution < -0.4 is 4.90 Å². The van der Waals surface area contributed by atoms with Crippen LogP contribution >= 0.6 is 0 Å². The van der Waals surface area contributed by atoms with E-state index in [9.17, 15) is 0 Å². The molecule has 0 radical (unpaired) electrons. The molecule has 1 atom stereocenters. The molecule has 22 heavy (non-hydrogen) atoms. The van der Waals surface area contributed by atoms with Crippen molar-refractivity contribution in [3.63, 3.8) is 0 Å². The van der Waals surface area contributed by atoms with Crippen molar-refractivity contribution >= 4 is 11.9 Å². The molecule has 116 valence electrons. The number of benzene rings is 1. The fourth-order valence-corrected chi connectivity index (χ4v) is 3.58. The molecule has 0 aliphatic carbocycles. The Hall–Kier alpha value is -2.17. The minimum Gasteiger partial charge on any atom is -0.366 e. The van der Waals surface area contributed by atoms with Crippen molar-refractivity contribution in [3.05, 3.63) is 42.0 Å². The van der Waals surface area contributed by atoms with E-state index in [0.717, 1.165) is 12.1 Å². The van der Waals surface area contributed by atoms with Crippen LogP contribution in [0.2, 0.25) is 0 Å². The molecule has 0 saturated heterocycles. The van der Waals surface area contributed by atoms with Gasteiger partial charge in [0.15, 0.2) is 0 Å². The lowest BCUT2D eigenvalue weighted by molar-refractivity contribution is 0.381. The Kier molecular flexibility index (Phi) is 3.72. The van der Waals surface area contributed by atoms with Crippen LogP contribution in [-0.2, 0) is 0 Å². The SMILES string of the molecule is CCN1c2ccc(/C=N\n3cnnc3)cc2[C@H](C)CC1(C)C. The van der Waals surface area contributed by atoms with Gasteiger partial charge in [-0.2, -0.15) is 5.10 Å². The molecule has 1 aromatic carbocycles. The molecule has 1 aliphatic rings. The predicted octanol–water partition coefficient (Wildman–Crippen LogP) is 3.27. The minimum absolute atomic E-state index is 0.208. The third kappa shape index (κ3) is 2.63. The second-order valence-corrected chi connectivity index (χ2v) is 6.57. The second kappa shape index (κ2) is 5.55. The zero-order valence-corrected chi connectivity index (χ0v) is 13.7. The van der Waals surface area contributed by atoms with Crippen LogP contribution in [0.5, 0.6) is 0 Å². The molecule has 0 unspecified atom stereocenters. The normalized spacial score (nSPS) is 20.4. The summed E-state index contributed by atoms with van der Waals surface area (Å²) in [7, 11) is 0. The van der Waals surface area contributed by atoms with Gasteiger partial charge in [-0.25, -0.2) is 4.68 Å². The molecule has 2 aromatic rings. The van der Waals surface area contributed by atoms with Crippen molar-refractivity contribution < 1.29 is 0 Å². The molecule has 5 heteroatoms. The highest BCUT2D eigenvalue weighted by molar-refractivity contribution is 5.81. The van der Waals surface area contributed by atoms with Crippen molar-refractivity contribution in [3.8, 4) is 0 Å². The van der Waals surface area contributed by atoms with E-state index in [2.05, 4.69) is 66.1 Å². The highest BCUT2D eigenvalue weighted by atomic mass is 15.4. The van der Waals surface area contributed by atoms with Crippen molar-refractivity contribution in [2.24, 2.45) is 5.10 Å². The van der Waals surface area contributed by atoms with E-state index < -0.39 is 0 Å². The summed E-state index contributed by atoms with van der Waals surface area (Å²) in [5, 5.41) is 11.8. The molecular formula is C17H23N5. The number of anilines is 1. The number of hydrogen-bond acceptors (Lipinski definition) is 4. The summed E-state index contributed by atoms with van der Waals surface area (Å²) < 4.78 is 1.60. The van der Waals surface area contributed by atoms with Crippen molar-refractivity contribution in [2.75, 3.05) is 11.4 Å². The molecule has 0 amide bonds.